The van der Waals surface area contributed by atoms with Gasteiger partial charge in [-0.25, -0.2) is 4.39 Å². The van der Waals surface area contributed by atoms with E-state index in [4.69, 9.17) is 0 Å². The van der Waals surface area contributed by atoms with Crippen molar-refractivity contribution in [2.75, 3.05) is 6.61 Å². The maximum Gasteiger partial charge on any atom is 0.416 e. The molecule has 0 spiro atoms. The Hall–Kier alpha value is -1.85. The van der Waals surface area contributed by atoms with Gasteiger partial charge in [-0.1, -0.05) is 18.2 Å². The SMILES string of the molecule is CCOC(=O)CC=Cc1ccc(C(F)(F)F)cc1F. The van der Waals surface area contributed by atoms with Crippen LogP contribution in [-0.2, 0) is 15.7 Å². The van der Waals surface area contributed by atoms with Crippen LogP contribution in [0.25, 0.3) is 6.08 Å². The van der Waals surface area contributed by atoms with E-state index in [9.17, 15) is 22.4 Å². The second-order valence-electron chi connectivity index (χ2n) is 3.65. The Morgan fingerprint density at radius 3 is 2.58 bits per heavy atom. The Bertz CT molecular complexity index is 478. The molecule has 0 aliphatic rings. The fourth-order valence-corrected chi connectivity index (χ4v) is 1.34. The quantitative estimate of drug-likeness (QED) is 0.617. The summed E-state index contributed by atoms with van der Waals surface area (Å²) >= 11 is 0. The third-order valence-electron chi connectivity index (χ3n) is 2.22. The third kappa shape index (κ3) is 4.73. The Balaban J connectivity index is 2.75. The first-order valence-corrected chi connectivity index (χ1v) is 5.53. The van der Waals surface area contributed by atoms with Crippen molar-refractivity contribution in [1.82, 2.24) is 0 Å². The number of carbonyl (C=O) groups is 1. The zero-order valence-electron chi connectivity index (χ0n) is 10.1. The van der Waals surface area contributed by atoms with Crippen LogP contribution in [0.3, 0.4) is 0 Å². The number of esters is 1. The van der Waals surface area contributed by atoms with Crippen molar-refractivity contribution in [3.8, 4) is 0 Å². The molecule has 0 radical (unpaired) electrons. The minimum absolute atomic E-state index is 0.0164. The highest BCUT2D eigenvalue weighted by atomic mass is 19.4. The Morgan fingerprint density at radius 2 is 2.05 bits per heavy atom. The summed E-state index contributed by atoms with van der Waals surface area (Å²) in [5.41, 5.74) is -1.06. The number of hydrogen-bond donors (Lipinski definition) is 0. The van der Waals surface area contributed by atoms with Gasteiger partial charge >= 0.3 is 12.1 Å². The molecule has 2 nitrogen and oxygen atoms in total. The largest absolute Gasteiger partial charge is 0.466 e. The van der Waals surface area contributed by atoms with Gasteiger partial charge in [0.05, 0.1) is 18.6 Å². The second kappa shape index (κ2) is 6.36. The van der Waals surface area contributed by atoms with Crippen molar-refractivity contribution in [3.05, 3.63) is 41.2 Å². The number of carbonyl (C=O) groups excluding carboxylic acids is 1. The molecule has 0 aliphatic heterocycles. The first kappa shape index (κ1) is 15.2. The Kier molecular flexibility index (Phi) is 5.09. The van der Waals surface area contributed by atoms with E-state index in [1.807, 2.05) is 0 Å². The van der Waals surface area contributed by atoms with E-state index >= 15 is 0 Å². The normalized spacial score (nSPS) is 11.8. The van der Waals surface area contributed by atoms with Crippen molar-refractivity contribution in [2.45, 2.75) is 19.5 Å². The molecule has 0 aromatic heterocycles. The van der Waals surface area contributed by atoms with Crippen molar-refractivity contribution in [2.24, 2.45) is 0 Å². The first-order valence-electron chi connectivity index (χ1n) is 5.53. The zero-order valence-corrected chi connectivity index (χ0v) is 10.1. The molecule has 1 rings (SSSR count). The molecular weight excluding hydrogens is 264 g/mol. The molecule has 0 heterocycles. The standard InChI is InChI=1S/C13H12F4O2/c1-2-19-12(18)5-3-4-9-6-7-10(8-11(9)14)13(15,16)17/h3-4,6-8H,2,5H2,1H3. The van der Waals surface area contributed by atoms with Gasteiger partial charge in [-0.2, -0.15) is 13.2 Å². The van der Waals surface area contributed by atoms with Crippen molar-refractivity contribution < 1.29 is 27.1 Å². The molecule has 0 unspecified atom stereocenters. The van der Waals surface area contributed by atoms with Gasteiger partial charge in [0.15, 0.2) is 0 Å². The number of rotatable bonds is 4. The van der Waals surface area contributed by atoms with Crippen molar-refractivity contribution in [3.63, 3.8) is 0 Å². The first-order chi connectivity index (χ1) is 8.84. The molecule has 0 saturated carbocycles. The molecular formula is C13H12F4O2. The van der Waals surface area contributed by atoms with E-state index in [-0.39, 0.29) is 18.6 Å². The van der Waals surface area contributed by atoms with Crippen molar-refractivity contribution >= 4 is 12.0 Å². The molecule has 1 aromatic carbocycles. The highest BCUT2D eigenvalue weighted by molar-refractivity contribution is 5.72. The molecule has 0 saturated heterocycles. The van der Waals surface area contributed by atoms with Gasteiger partial charge in [-0.3, -0.25) is 4.79 Å². The maximum atomic E-state index is 13.4. The number of ether oxygens (including phenoxy) is 1. The summed E-state index contributed by atoms with van der Waals surface area (Å²) in [6.45, 7) is 1.89. The summed E-state index contributed by atoms with van der Waals surface area (Å²) < 4.78 is 54.9. The van der Waals surface area contributed by atoms with Crippen LogP contribution in [-0.4, -0.2) is 12.6 Å². The monoisotopic (exact) mass is 276 g/mol. The molecule has 104 valence electrons. The van der Waals surface area contributed by atoms with E-state index in [0.29, 0.717) is 6.07 Å². The molecule has 1 aromatic rings. The minimum Gasteiger partial charge on any atom is -0.466 e. The number of hydrogen-bond acceptors (Lipinski definition) is 2. The minimum atomic E-state index is -4.58. The Morgan fingerprint density at radius 1 is 1.37 bits per heavy atom. The fourth-order valence-electron chi connectivity index (χ4n) is 1.34. The average Bonchev–Trinajstić information content (AvgIpc) is 2.30. The highest BCUT2D eigenvalue weighted by Gasteiger charge is 2.30. The molecule has 0 aliphatic carbocycles. The van der Waals surface area contributed by atoms with Crippen LogP contribution in [0.2, 0.25) is 0 Å². The summed E-state index contributed by atoms with van der Waals surface area (Å²) in [4.78, 5) is 11.0. The van der Waals surface area contributed by atoms with Gasteiger partial charge < -0.3 is 4.74 Å². The van der Waals surface area contributed by atoms with Gasteiger partial charge in [0.1, 0.15) is 5.82 Å². The number of alkyl halides is 3. The summed E-state index contributed by atoms with van der Waals surface area (Å²) in [6, 6.07) is 2.22. The van der Waals surface area contributed by atoms with E-state index in [1.54, 1.807) is 6.92 Å². The summed E-state index contributed by atoms with van der Waals surface area (Å²) in [7, 11) is 0. The summed E-state index contributed by atoms with van der Waals surface area (Å²) in [5, 5.41) is 0. The molecule has 0 fully saturated rings. The lowest BCUT2D eigenvalue weighted by atomic mass is 10.1. The lowest BCUT2D eigenvalue weighted by Gasteiger charge is -2.07. The molecule has 19 heavy (non-hydrogen) atoms. The van der Waals surface area contributed by atoms with Crippen LogP contribution < -0.4 is 0 Å². The molecule has 6 heteroatoms. The number of halogens is 4. The summed E-state index contributed by atoms with van der Waals surface area (Å²) in [5.74, 6) is -1.47. The van der Waals surface area contributed by atoms with E-state index in [2.05, 4.69) is 4.74 Å². The lowest BCUT2D eigenvalue weighted by Crippen LogP contribution is -2.05. The van der Waals surface area contributed by atoms with Crippen molar-refractivity contribution in [1.29, 1.82) is 0 Å². The van der Waals surface area contributed by atoms with Gasteiger partial charge in [-0.15, -0.1) is 0 Å². The Labute approximate surface area is 107 Å². The van der Waals surface area contributed by atoms with E-state index < -0.39 is 23.5 Å². The van der Waals surface area contributed by atoms with E-state index in [0.717, 1.165) is 12.1 Å². The third-order valence-corrected chi connectivity index (χ3v) is 2.22. The van der Waals surface area contributed by atoms with Crippen LogP contribution in [0.4, 0.5) is 17.6 Å². The molecule has 0 N–H and O–H groups in total. The number of benzene rings is 1. The van der Waals surface area contributed by atoms with Gasteiger partial charge in [-0.05, 0) is 19.1 Å². The molecule has 0 bridgehead atoms. The zero-order chi connectivity index (χ0) is 14.5. The second-order valence-corrected chi connectivity index (χ2v) is 3.65. The summed E-state index contributed by atoms with van der Waals surface area (Å²) in [6.07, 6.45) is -2.06. The van der Waals surface area contributed by atoms with Gasteiger partial charge in [0.25, 0.3) is 0 Å². The average molecular weight is 276 g/mol. The van der Waals surface area contributed by atoms with Crippen LogP contribution in [0.1, 0.15) is 24.5 Å². The highest BCUT2D eigenvalue weighted by Crippen LogP contribution is 2.30. The van der Waals surface area contributed by atoms with Gasteiger partial charge in [0.2, 0.25) is 0 Å². The van der Waals surface area contributed by atoms with E-state index in [1.165, 1.54) is 12.2 Å². The topological polar surface area (TPSA) is 26.3 Å². The van der Waals surface area contributed by atoms with Gasteiger partial charge in [0, 0.05) is 5.56 Å². The predicted octanol–water partition coefficient (Wildman–Crippen LogP) is 3.81. The molecule has 0 atom stereocenters. The van der Waals surface area contributed by atoms with Crippen LogP contribution >= 0.6 is 0 Å². The maximum absolute atomic E-state index is 13.4. The lowest BCUT2D eigenvalue weighted by molar-refractivity contribution is -0.142. The van der Waals surface area contributed by atoms with Crippen LogP contribution in [0.15, 0.2) is 24.3 Å². The van der Waals surface area contributed by atoms with Crippen LogP contribution in [0, 0.1) is 5.82 Å². The predicted molar refractivity (Wildman–Crippen MR) is 61.7 cm³/mol. The fraction of sp³-hybridized carbons (Fsp3) is 0.308. The van der Waals surface area contributed by atoms with Crippen LogP contribution in [0.5, 0.6) is 0 Å². The smallest absolute Gasteiger partial charge is 0.416 e. The molecule has 0 amide bonds.